The number of aliphatic carboxylic acids is 1. The number of benzene rings is 2. The first-order valence-electron chi connectivity index (χ1n) is 10.2. The molecule has 1 atom stereocenters. The van der Waals surface area contributed by atoms with Crippen molar-refractivity contribution in [3.8, 4) is 0 Å². The molecule has 1 unspecified atom stereocenters. The fourth-order valence-corrected chi connectivity index (χ4v) is 3.64. The van der Waals surface area contributed by atoms with Crippen LogP contribution < -0.4 is 5.32 Å². The molecule has 1 heterocycles. The van der Waals surface area contributed by atoms with Crippen LogP contribution in [0.4, 0.5) is 4.79 Å². The number of carboxylic acids is 1. The molecule has 1 saturated heterocycles. The van der Waals surface area contributed by atoms with Crippen LogP contribution in [0.3, 0.4) is 0 Å². The van der Waals surface area contributed by atoms with Gasteiger partial charge in [-0.25, -0.2) is 4.79 Å². The van der Waals surface area contributed by atoms with Crippen LogP contribution in [-0.2, 0) is 17.8 Å². The van der Waals surface area contributed by atoms with E-state index in [9.17, 15) is 9.59 Å². The summed E-state index contributed by atoms with van der Waals surface area (Å²) in [7, 11) is 0. The summed E-state index contributed by atoms with van der Waals surface area (Å²) in [6.45, 7) is 3.92. The molecule has 1 fully saturated rings. The number of hydrogen-bond donors (Lipinski definition) is 2. The molecule has 1 aliphatic heterocycles. The summed E-state index contributed by atoms with van der Waals surface area (Å²) in [5, 5.41) is 12.1. The van der Waals surface area contributed by atoms with E-state index in [1.165, 1.54) is 5.56 Å². The van der Waals surface area contributed by atoms with Crippen molar-refractivity contribution in [2.75, 3.05) is 26.2 Å². The lowest BCUT2D eigenvalue weighted by Gasteiger charge is -2.35. The van der Waals surface area contributed by atoms with Crippen LogP contribution in [0.15, 0.2) is 60.7 Å². The predicted octanol–water partition coefficient (Wildman–Crippen LogP) is 2.99. The van der Waals surface area contributed by atoms with Crippen molar-refractivity contribution in [2.45, 2.75) is 31.8 Å². The molecule has 6 nitrogen and oxygen atoms in total. The Hall–Kier alpha value is -2.86. The topological polar surface area (TPSA) is 72.9 Å². The first kappa shape index (κ1) is 20.9. The van der Waals surface area contributed by atoms with E-state index in [0.717, 1.165) is 25.2 Å². The number of piperazine rings is 1. The fraction of sp³-hybridized carbons (Fsp3) is 0.391. The number of carbonyl (C=O) groups excluding carboxylic acids is 1. The van der Waals surface area contributed by atoms with E-state index in [2.05, 4.69) is 22.3 Å². The maximum atomic E-state index is 12.8. The number of carboxylic acid groups (broad SMARTS) is 1. The highest BCUT2D eigenvalue weighted by molar-refractivity contribution is 5.75. The van der Waals surface area contributed by atoms with Crippen LogP contribution in [-0.4, -0.2) is 59.1 Å². The van der Waals surface area contributed by atoms with Gasteiger partial charge in [-0.1, -0.05) is 60.7 Å². The summed E-state index contributed by atoms with van der Waals surface area (Å²) >= 11 is 0. The number of carbonyl (C=O) groups is 2. The molecule has 29 heavy (non-hydrogen) atoms. The van der Waals surface area contributed by atoms with Gasteiger partial charge in [-0.05, 0) is 24.0 Å². The Morgan fingerprint density at radius 1 is 0.897 bits per heavy atom. The normalized spacial score (nSPS) is 15.7. The highest BCUT2D eigenvalue weighted by atomic mass is 16.4. The number of nitrogens with zero attached hydrogens (tertiary/aromatic N) is 2. The third-order valence-electron chi connectivity index (χ3n) is 5.27. The zero-order valence-corrected chi connectivity index (χ0v) is 16.7. The van der Waals surface area contributed by atoms with Gasteiger partial charge in [-0.3, -0.25) is 9.69 Å². The van der Waals surface area contributed by atoms with E-state index >= 15 is 0 Å². The first-order valence-corrected chi connectivity index (χ1v) is 10.2. The molecule has 2 aromatic carbocycles. The van der Waals surface area contributed by atoms with E-state index < -0.39 is 5.97 Å². The Kier molecular flexibility index (Phi) is 7.64. The average Bonchev–Trinajstić information content (AvgIpc) is 2.74. The van der Waals surface area contributed by atoms with E-state index in [1.54, 1.807) is 0 Å². The van der Waals surface area contributed by atoms with Crippen molar-refractivity contribution in [3.63, 3.8) is 0 Å². The molecule has 2 aromatic rings. The predicted molar refractivity (Wildman–Crippen MR) is 113 cm³/mol. The van der Waals surface area contributed by atoms with Gasteiger partial charge in [0, 0.05) is 45.2 Å². The minimum absolute atomic E-state index is 0.0443. The Balaban J connectivity index is 1.50. The van der Waals surface area contributed by atoms with Crippen LogP contribution in [0, 0.1) is 0 Å². The largest absolute Gasteiger partial charge is 0.481 e. The third kappa shape index (κ3) is 6.91. The molecule has 6 heteroatoms. The van der Waals surface area contributed by atoms with Crippen LogP contribution >= 0.6 is 0 Å². The molecule has 2 amide bonds. The third-order valence-corrected chi connectivity index (χ3v) is 5.27. The van der Waals surface area contributed by atoms with Crippen molar-refractivity contribution >= 4 is 12.0 Å². The molecule has 0 aromatic heterocycles. The van der Waals surface area contributed by atoms with Crippen LogP contribution in [0.2, 0.25) is 0 Å². The Morgan fingerprint density at radius 3 is 2.07 bits per heavy atom. The summed E-state index contributed by atoms with van der Waals surface area (Å²) < 4.78 is 0. The van der Waals surface area contributed by atoms with E-state index in [4.69, 9.17) is 5.11 Å². The van der Waals surface area contributed by atoms with Crippen molar-refractivity contribution in [1.29, 1.82) is 0 Å². The standard InChI is InChI=1S/C23H29N3O3/c27-22(28)12-11-21(17-19-7-3-1-4-8-19)24-23(29)26-15-13-25(14-16-26)18-20-9-5-2-6-10-20/h1-10,21H,11-18H2,(H,24,29)(H,27,28). The second-order valence-electron chi connectivity index (χ2n) is 7.52. The smallest absolute Gasteiger partial charge is 0.317 e. The Morgan fingerprint density at radius 2 is 1.48 bits per heavy atom. The zero-order chi connectivity index (χ0) is 20.5. The number of nitrogens with one attached hydrogen (secondary N) is 1. The zero-order valence-electron chi connectivity index (χ0n) is 16.7. The second kappa shape index (κ2) is 10.6. The number of urea groups is 1. The number of hydrogen-bond acceptors (Lipinski definition) is 3. The second-order valence-corrected chi connectivity index (χ2v) is 7.52. The maximum Gasteiger partial charge on any atom is 0.317 e. The van der Waals surface area contributed by atoms with E-state index in [-0.39, 0.29) is 18.5 Å². The molecule has 0 saturated carbocycles. The van der Waals surface area contributed by atoms with Gasteiger partial charge in [0.15, 0.2) is 0 Å². The summed E-state index contributed by atoms with van der Waals surface area (Å²) in [4.78, 5) is 27.9. The van der Waals surface area contributed by atoms with Gasteiger partial charge in [0.2, 0.25) is 0 Å². The Labute approximate surface area is 172 Å². The average molecular weight is 396 g/mol. The van der Waals surface area contributed by atoms with Gasteiger partial charge in [-0.2, -0.15) is 0 Å². The summed E-state index contributed by atoms with van der Waals surface area (Å²) in [5.74, 6) is -0.841. The van der Waals surface area contributed by atoms with Gasteiger partial charge < -0.3 is 15.3 Å². The van der Waals surface area contributed by atoms with Crippen LogP contribution in [0.25, 0.3) is 0 Å². The van der Waals surface area contributed by atoms with Gasteiger partial charge >= 0.3 is 12.0 Å². The van der Waals surface area contributed by atoms with Crippen LogP contribution in [0.5, 0.6) is 0 Å². The van der Waals surface area contributed by atoms with Crippen molar-refractivity contribution in [2.24, 2.45) is 0 Å². The highest BCUT2D eigenvalue weighted by Crippen LogP contribution is 2.11. The quantitative estimate of drug-likeness (QED) is 0.721. The summed E-state index contributed by atoms with van der Waals surface area (Å²) in [5.41, 5.74) is 2.37. The molecule has 0 spiro atoms. The molecule has 2 N–H and O–H groups in total. The lowest BCUT2D eigenvalue weighted by atomic mass is 10.0. The van der Waals surface area contributed by atoms with Gasteiger partial charge in [0.25, 0.3) is 0 Å². The fourth-order valence-electron chi connectivity index (χ4n) is 3.64. The number of rotatable bonds is 8. The van der Waals surface area contributed by atoms with E-state index in [1.807, 2.05) is 53.4 Å². The summed E-state index contributed by atoms with van der Waals surface area (Å²) in [6.07, 6.45) is 1.10. The molecule has 0 radical (unpaired) electrons. The first-order chi connectivity index (χ1) is 14.1. The Bertz CT molecular complexity index is 774. The van der Waals surface area contributed by atoms with Gasteiger partial charge in [0.05, 0.1) is 0 Å². The minimum Gasteiger partial charge on any atom is -0.481 e. The lowest BCUT2D eigenvalue weighted by molar-refractivity contribution is -0.137. The SMILES string of the molecule is O=C(O)CCC(Cc1ccccc1)NC(=O)N1CCN(Cc2ccccc2)CC1. The summed E-state index contributed by atoms with van der Waals surface area (Å²) in [6, 6.07) is 19.9. The highest BCUT2D eigenvalue weighted by Gasteiger charge is 2.23. The minimum atomic E-state index is -0.841. The molecule has 0 bridgehead atoms. The van der Waals surface area contributed by atoms with Crippen molar-refractivity contribution in [1.82, 2.24) is 15.1 Å². The number of amides is 2. The maximum absolute atomic E-state index is 12.8. The molecule has 154 valence electrons. The molecule has 1 aliphatic rings. The van der Waals surface area contributed by atoms with E-state index in [0.29, 0.717) is 25.9 Å². The van der Waals surface area contributed by atoms with Crippen LogP contribution in [0.1, 0.15) is 24.0 Å². The monoisotopic (exact) mass is 395 g/mol. The van der Waals surface area contributed by atoms with Gasteiger partial charge in [0.1, 0.15) is 0 Å². The van der Waals surface area contributed by atoms with Gasteiger partial charge in [-0.15, -0.1) is 0 Å². The lowest BCUT2D eigenvalue weighted by Crippen LogP contribution is -2.53. The van der Waals surface area contributed by atoms with Crippen molar-refractivity contribution in [3.05, 3.63) is 71.8 Å². The van der Waals surface area contributed by atoms with Crippen molar-refractivity contribution < 1.29 is 14.7 Å². The molecule has 0 aliphatic carbocycles. The molecule has 3 rings (SSSR count). The molecular formula is C23H29N3O3. The molecular weight excluding hydrogens is 366 g/mol.